The summed E-state index contributed by atoms with van der Waals surface area (Å²) < 4.78 is 72.4. The molecule has 0 unspecified atom stereocenters. The van der Waals surface area contributed by atoms with Gasteiger partial charge in [0.15, 0.2) is 0 Å². The zero-order chi connectivity index (χ0) is 49.3. The van der Waals surface area contributed by atoms with E-state index in [1.165, 1.54) is 178 Å². The first kappa shape index (κ1) is 63.6. The minimum atomic E-state index is -4.51. The molecule has 0 aliphatic heterocycles. The van der Waals surface area contributed by atoms with E-state index in [0.717, 1.165) is 86.1 Å². The van der Waals surface area contributed by atoms with Crippen LogP contribution in [-0.2, 0) is 45.9 Å². The Balaban J connectivity index is 0.000000467. The molecule has 69 heavy (non-hydrogen) atoms. The van der Waals surface area contributed by atoms with Crippen LogP contribution in [-0.4, -0.2) is 63.7 Å². The maximum Gasteiger partial charge on any atom is 2.00 e. The van der Waals surface area contributed by atoms with Gasteiger partial charge < -0.3 is 9.11 Å². The van der Waals surface area contributed by atoms with Crippen molar-refractivity contribution in [1.82, 2.24) is 0 Å². The van der Waals surface area contributed by atoms with Gasteiger partial charge in [0.05, 0.1) is 9.79 Å². The van der Waals surface area contributed by atoms with Gasteiger partial charge in [-0.3, -0.25) is 0 Å². The van der Waals surface area contributed by atoms with Crippen LogP contribution in [0.25, 0.3) is 21.5 Å². The van der Waals surface area contributed by atoms with Crippen LogP contribution >= 0.6 is 0 Å². The number of benzene rings is 4. The van der Waals surface area contributed by atoms with Gasteiger partial charge >= 0.3 is 37.7 Å². The molecule has 0 atom stereocenters. The molecule has 384 valence electrons. The molecule has 4 aromatic carbocycles. The average molecular weight is 1020 g/mol. The molecule has 0 aliphatic carbocycles. The molecule has 0 amide bonds. The second-order valence-electron chi connectivity index (χ2n) is 20.0. The molecule has 0 aliphatic rings. The molecule has 0 fully saturated rings. The van der Waals surface area contributed by atoms with Crippen LogP contribution in [0.15, 0.2) is 70.5 Å². The quantitative estimate of drug-likeness (QED) is 0.0251. The standard InChI is InChI=1S/2C30H48O3S.Ca/c2*1-3-5-7-9-11-13-15-17-20-26-24-29-27(21-18-16-14-12-10-8-6-4-2)22-19-23-28(29)30(25-26)34(31,32)33;/h2*19,22-25H,3-18,20-21H2,1-2H3,(H,31,32,33);/q;;+2/p-2. The van der Waals surface area contributed by atoms with Gasteiger partial charge in [0.25, 0.3) is 0 Å². The van der Waals surface area contributed by atoms with Crippen molar-refractivity contribution in [3.05, 3.63) is 82.9 Å². The second kappa shape index (κ2) is 38.1. The minimum absolute atomic E-state index is 0. The van der Waals surface area contributed by atoms with Crippen LogP contribution in [0.4, 0.5) is 0 Å². The summed E-state index contributed by atoms with van der Waals surface area (Å²) >= 11 is 0. The van der Waals surface area contributed by atoms with Crippen molar-refractivity contribution in [2.24, 2.45) is 0 Å². The Morgan fingerprint density at radius 2 is 0.565 bits per heavy atom. The van der Waals surface area contributed by atoms with Crippen LogP contribution < -0.4 is 0 Å². The van der Waals surface area contributed by atoms with Crippen LogP contribution in [0, 0.1) is 0 Å². The fraction of sp³-hybridized carbons (Fsp3) is 0.667. The Hall–Kier alpha value is -1.52. The monoisotopic (exact) mass is 1010 g/mol. The molecular formula is C60H94CaO6S2. The molecule has 0 spiro atoms. The van der Waals surface area contributed by atoms with E-state index in [0.29, 0.717) is 10.8 Å². The first-order valence-corrected chi connectivity index (χ1v) is 30.8. The molecule has 0 aromatic heterocycles. The van der Waals surface area contributed by atoms with Gasteiger partial charge in [0.2, 0.25) is 0 Å². The molecule has 0 heterocycles. The van der Waals surface area contributed by atoms with Gasteiger partial charge in [-0.1, -0.05) is 256 Å². The van der Waals surface area contributed by atoms with E-state index < -0.39 is 20.2 Å². The second-order valence-corrected chi connectivity index (χ2v) is 22.7. The Morgan fingerprint density at radius 3 is 0.826 bits per heavy atom. The molecule has 4 rings (SSSR count). The van der Waals surface area contributed by atoms with E-state index in [-0.39, 0.29) is 47.5 Å². The van der Waals surface area contributed by atoms with Crippen molar-refractivity contribution in [2.75, 3.05) is 0 Å². The van der Waals surface area contributed by atoms with Gasteiger partial charge in [-0.15, -0.1) is 0 Å². The van der Waals surface area contributed by atoms with Gasteiger partial charge in [0.1, 0.15) is 20.2 Å². The average Bonchev–Trinajstić information content (AvgIpc) is 3.31. The van der Waals surface area contributed by atoms with Gasteiger partial charge in [-0.05, 0) is 107 Å². The molecule has 0 N–H and O–H groups in total. The number of fused-ring (bicyclic) bond motifs is 2. The molecule has 0 bridgehead atoms. The summed E-state index contributed by atoms with van der Waals surface area (Å²) in [7, 11) is -9.01. The van der Waals surface area contributed by atoms with E-state index in [4.69, 9.17) is 0 Å². The summed E-state index contributed by atoms with van der Waals surface area (Å²) in [5.74, 6) is 0. The summed E-state index contributed by atoms with van der Waals surface area (Å²) in [6, 6.07) is 19.1. The van der Waals surface area contributed by atoms with Crippen LogP contribution in [0.2, 0.25) is 0 Å². The third-order valence-electron chi connectivity index (χ3n) is 14.0. The minimum Gasteiger partial charge on any atom is -0.744 e. The summed E-state index contributed by atoms with van der Waals surface area (Å²) in [5.41, 5.74) is 4.31. The van der Waals surface area contributed by atoms with Gasteiger partial charge in [-0.25, -0.2) is 16.8 Å². The smallest absolute Gasteiger partial charge is 0.744 e. The van der Waals surface area contributed by atoms with E-state index in [9.17, 15) is 25.9 Å². The van der Waals surface area contributed by atoms with Crippen molar-refractivity contribution in [3.63, 3.8) is 0 Å². The van der Waals surface area contributed by atoms with Gasteiger partial charge in [-0.2, -0.15) is 0 Å². The van der Waals surface area contributed by atoms with E-state index in [1.54, 1.807) is 24.3 Å². The molecule has 4 aromatic rings. The Bertz CT molecular complexity index is 2030. The number of hydrogen-bond acceptors (Lipinski definition) is 6. The molecular weight excluding hydrogens is 921 g/mol. The number of rotatable bonds is 38. The number of hydrogen-bond donors (Lipinski definition) is 0. The van der Waals surface area contributed by atoms with Crippen LogP contribution in [0.1, 0.15) is 255 Å². The molecule has 0 saturated heterocycles. The SMILES string of the molecule is CCCCCCCCCCc1cc(S(=O)(=O)[O-])c2cccc(CCCCCCCCCC)c2c1.CCCCCCCCCCc1cc(S(=O)(=O)[O-])c2cccc(CCCCCCCCCC)c2c1.[Ca+2]. The largest absolute Gasteiger partial charge is 2.00 e. The fourth-order valence-electron chi connectivity index (χ4n) is 9.91. The summed E-state index contributed by atoms with van der Waals surface area (Å²) in [6.45, 7) is 8.96. The first-order valence-electron chi connectivity index (χ1n) is 27.9. The summed E-state index contributed by atoms with van der Waals surface area (Å²) in [4.78, 5) is -0.0883. The molecule has 9 heteroatoms. The molecule has 6 nitrogen and oxygen atoms in total. The Kier molecular flexibility index (Phi) is 35.1. The summed E-state index contributed by atoms with van der Waals surface area (Å²) in [5, 5.41) is 3.09. The maximum atomic E-state index is 12.1. The Morgan fingerprint density at radius 1 is 0.319 bits per heavy atom. The third-order valence-corrected chi connectivity index (χ3v) is 15.7. The van der Waals surface area contributed by atoms with Crippen molar-refractivity contribution in [2.45, 2.75) is 269 Å². The van der Waals surface area contributed by atoms with Crippen molar-refractivity contribution >= 4 is 79.5 Å². The zero-order valence-corrected chi connectivity index (χ0v) is 48.0. The van der Waals surface area contributed by atoms with E-state index in [1.807, 2.05) is 12.1 Å². The van der Waals surface area contributed by atoms with E-state index >= 15 is 0 Å². The van der Waals surface area contributed by atoms with Crippen molar-refractivity contribution in [3.8, 4) is 0 Å². The normalized spacial score (nSPS) is 11.8. The van der Waals surface area contributed by atoms with Crippen molar-refractivity contribution in [1.29, 1.82) is 0 Å². The van der Waals surface area contributed by atoms with E-state index in [2.05, 4.69) is 52.0 Å². The Labute approximate surface area is 453 Å². The fourth-order valence-corrected chi connectivity index (χ4v) is 11.4. The predicted molar refractivity (Wildman–Crippen MR) is 295 cm³/mol. The van der Waals surface area contributed by atoms with Crippen molar-refractivity contribution < 1.29 is 25.9 Å². The first-order chi connectivity index (χ1) is 32.9. The number of unbranched alkanes of at least 4 members (excludes halogenated alkanes) is 28. The number of aryl methyl sites for hydroxylation is 4. The van der Waals surface area contributed by atoms with Gasteiger partial charge in [0, 0.05) is 0 Å². The predicted octanol–water partition coefficient (Wildman–Crippen LogP) is 17.8. The van der Waals surface area contributed by atoms with Crippen LogP contribution in [0.5, 0.6) is 0 Å². The topological polar surface area (TPSA) is 114 Å². The maximum absolute atomic E-state index is 12.1. The molecule has 0 radical (unpaired) electrons. The summed E-state index contributed by atoms with van der Waals surface area (Å²) in [6.07, 6.45) is 43.7. The third kappa shape index (κ3) is 26.3. The zero-order valence-electron chi connectivity index (χ0n) is 44.2. The van der Waals surface area contributed by atoms with Crippen LogP contribution in [0.3, 0.4) is 0 Å². The molecule has 0 saturated carbocycles.